The standard InChI is InChI=1S/C18H27N3O2/c1-14-6-7-17(21(13-14)18(22)23)15-4-3-5-16(12-15)20-10-8-19(2)9-11-20/h3-5,12,14,17H,6-11,13H2,1-2H3,(H,22,23). The smallest absolute Gasteiger partial charge is 0.407 e. The van der Waals surface area contributed by atoms with Gasteiger partial charge in [0.15, 0.2) is 0 Å². The van der Waals surface area contributed by atoms with Gasteiger partial charge in [-0.1, -0.05) is 19.1 Å². The van der Waals surface area contributed by atoms with Gasteiger partial charge in [0.1, 0.15) is 0 Å². The van der Waals surface area contributed by atoms with E-state index in [1.807, 2.05) is 0 Å². The van der Waals surface area contributed by atoms with Gasteiger partial charge in [-0.25, -0.2) is 4.79 Å². The van der Waals surface area contributed by atoms with Crippen LogP contribution in [0.3, 0.4) is 0 Å². The first-order chi connectivity index (χ1) is 11.0. The molecule has 0 saturated carbocycles. The molecule has 2 unspecified atom stereocenters. The minimum Gasteiger partial charge on any atom is -0.465 e. The van der Waals surface area contributed by atoms with Crippen LogP contribution < -0.4 is 4.90 Å². The Morgan fingerprint density at radius 2 is 1.91 bits per heavy atom. The number of carboxylic acid groups (broad SMARTS) is 1. The van der Waals surface area contributed by atoms with Crippen molar-refractivity contribution < 1.29 is 9.90 Å². The van der Waals surface area contributed by atoms with Crippen LogP contribution in [0.15, 0.2) is 24.3 Å². The van der Waals surface area contributed by atoms with Gasteiger partial charge in [0.25, 0.3) is 0 Å². The molecule has 0 bridgehead atoms. The van der Waals surface area contributed by atoms with E-state index >= 15 is 0 Å². The zero-order chi connectivity index (χ0) is 16.4. The molecule has 1 aromatic carbocycles. The highest BCUT2D eigenvalue weighted by Gasteiger charge is 2.31. The van der Waals surface area contributed by atoms with Crippen LogP contribution in [0.1, 0.15) is 31.4 Å². The molecule has 0 aliphatic carbocycles. The van der Waals surface area contributed by atoms with Crippen molar-refractivity contribution in [2.75, 3.05) is 44.7 Å². The van der Waals surface area contributed by atoms with Crippen LogP contribution in [0.25, 0.3) is 0 Å². The van der Waals surface area contributed by atoms with Crippen molar-refractivity contribution in [3.05, 3.63) is 29.8 Å². The molecule has 2 atom stereocenters. The SMILES string of the molecule is CC1CCC(c2cccc(N3CCN(C)CC3)c2)N(C(=O)O)C1. The fraction of sp³-hybridized carbons (Fsp3) is 0.611. The molecule has 126 valence electrons. The van der Waals surface area contributed by atoms with Crippen LogP contribution in [0.5, 0.6) is 0 Å². The van der Waals surface area contributed by atoms with Gasteiger partial charge in [0.2, 0.25) is 0 Å². The van der Waals surface area contributed by atoms with Crippen LogP contribution in [0.4, 0.5) is 10.5 Å². The Bertz CT molecular complexity index is 555. The number of benzene rings is 1. The lowest BCUT2D eigenvalue weighted by Crippen LogP contribution is -2.44. The highest BCUT2D eigenvalue weighted by atomic mass is 16.4. The van der Waals surface area contributed by atoms with Gasteiger partial charge >= 0.3 is 6.09 Å². The predicted molar refractivity (Wildman–Crippen MR) is 92.0 cm³/mol. The molecule has 2 aliphatic rings. The molecular formula is C18H27N3O2. The number of rotatable bonds is 2. The van der Waals surface area contributed by atoms with E-state index in [-0.39, 0.29) is 6.04 Å². The minimum absolute atomic E-state index is 0.00360. The molecule has 5 heteroatoms. The number of nitrogens with zero attached hydrogens (tertiary/aromatic N) is 3. The fourth-order valence-corrected chi connectivity index (χ4v) is 3.70. The summed E-state index contributed by atoms with van der Waals surface area (Å²) in [6.07, 6.45) is 1.21. The second kappa shape index (κ2) is 6.79. The first-order valence-corrected chi connectivity index (χ1v) is 8.57. The lowest BCUT2D eigenvalue weighted by molar-refractivity contribution is 0.0900. The third-order valence-electron chi connectivity index (χ3n) is 5.19. The monoisotopic (exact) mass is 317 g/mol. The number of piperazine rings is 1. The predicted octanol–water partition coefficient (Wildman–Crippen LogP) is 2.89. The number of likely N-dealkylation sites (N-methyl/N-ethyl adjacent to an activating group) is 1. The Labute approximate surface area is 138 Å². The van der Waals surface area contributed by atoms with E-state index in [9.17, 15) is 9.90 Å². The molecule has 3 rings (SSSR count). The highest BCUT2D eigenvalue weighted by molar-refractivity contribution is 5.66. The van der Waals surface area contributed by atoms with Crippen LogP contribution in [0, 0.1) is 5.92 Å². The first kappa shape index (κ1) is 16.1. The average molecular weight is 317 g/mol. The van der Waals surface area contributed by atoms with Gasteiger partial charge in [-0.15, -0.1) is 0 Å². The van der Waals surface area contributed by atoms with Gasteiger partial charge < -0.3 is 19.8 Å². The molecule has 2 saturated heterocycles. The van der Waals surface area contributed by atoms with E-state index in [2.05, 4.69) is 48.0 Å². The normalized spacial score (nSPS) is 26.3. The molecule has 0 spiro atoms. The number of amides is 1. The van der Waals surface area contributed by atoms with Crippen molar-refractivity contribution in [3.8, 4) is 0 Å². The van der Waals surface area contributed by atoms with Crippen molar-refractivity contribution >= 4 is 11.8 Å². The first-order valence-electron chi connectivity index (χ1n) is 8.57. The van der Waals surface area contributed by atoms with Crippen molar-refractivity contribution in [1.29, 1.82) is 0 Å². The fourth-order valence-electron chi connectivity index (χ4n) is 3.70. The van der Waals surface area contributed by atoms with E-state index in [4.69, 9.17) is 0 Å². The zero-order valence-electron chi connectivity index (χ0n) is 14.1. The van der Waals surface area contributed by atoms with E-state index < -0.39 is 6.09 Å². The summed E-state index contributed by atoms with van der Waals surface area (Å²) < 4.78 is 0. The molecule has 1 N–H and O–H groups in total. The third-order valence-corrected chi connectivity index (χ3v) is 5.19. The molecule has 23 heavy (non-hydrogen) atoms. The summed E-state index contributed by atoms with van der Waals surface area (Å²) >= 11 is 0. The van der Waals surface area contributed by atoms with Crippen LogP contribution >= 0.6 is 0 Å². The second-order valence-corrected chi connectivity index (χ2v) is 7.02. The maximum atomic E-state index is 11.6. The summed E-state index contributed by atoms with van der Waals surface area (Å²) in [5.74, 6) is 0.447. The molecule has 2 fully saturated rings. The highest BCUT2D eigenvalue weighted by Crippen LogP contribution is 2.34. The maximum Gasteiger partial charge on any atom is 0.407 e. The van der Waals surface area contributed by atoms with Gasteiger partial charge in [-0.2, -0.15) is 0 Å². The molecule has 0 radical (unpaired) electrons. The number of hydrogen-bond donors (Lipinski definition) is 1. The van der Waals surface area contributed by atoms with Crippen molar-refractivity contribution in [1.82, 2.24) is 9.80 Å². The lowest BCUT2D eigenvalue weighted by Gasteiger charge is -2.38. The average Bonchev–Trinajstić information content (AvgIpc) is 2.55. The number of anilines is 1. The summed E-state index contributed by atoms with van der Waals surface area (Å²) in [5, 5.41) is 9.54. The maximum absolute atomic E-state index is 11.6. The van der Waals surface area contributed by atoms with E-state index in [1.165, 1.54) is 5.69 Å². The summed E-state index contributed by atoms with van der Waals surface area (Å²) in [7, 11) is 2.15. The van der Waals surface area contributed by atoms with Crippen LogP contribution in [0.2, 0.25) is 0 Å². The molecule has 5 nitrogen and oxygen atoms in total. The van der Waals surface area contributed by atoms with Gasteiger partial charge in [-0.3, -0.25) is 0 Å². The quantitative estimate of drug-likeness (QED) is 0.911. The van der Waals surface area contributed by atoms with Crippen LogP contribution in [-0.2, 0) is 0 Å². The van der Waals surface area contributed by atoms with Gasteiger partial charge in [0, 0.05) is 38.4 Å². The number of carbonyl (C=O) groups is 1. The minimum atomic E-state index is -0.799. The van der Waals surface area contributed by atoms with E-state index in [0.717, 1.165) is 44.6 Å². The molecule has 1 aromatic rings. The van der Waals surface area contributed by atoms with E-state index in [0.29, 0.717) is 12.5 Å². The van der Waals surface area contributed by atoms with E-state index in [1.54, 1.807) is 4.90 Å². The summed E-state index contributed by atoms with van der Waals surface area (Å²) in [6.45, 7) is 6.99. The largest absolute Gasteiger partial charge is 0.465 e. The molecule has 2 aliphatic heterocycles. The van der Waals surface area contributed by atoms with Crippen molar-refractivity contribution in [2.24, 2.45) is 5.92 Å². The zero-order valence-corrected chi connectivity index (χ0v) is 14.1. The van der Waals surface area contributed by atoms with Gasteiger partial charge in [0.05, 0.1) is 6.04 Å². The summed E-state index contributed by atoms with van der Waals surface area (Å²) in [6, 6.07) is 8.49. The Kier molecular flexibility index (Phi) is 4.76. The van der Waals surface area contributed by atoms with Gasteiger partial charge in [-0.05, 0) is 43.5 Å². The summed E-state index contributed by atoms with van der Waals surface area (Å²) in [4.78, 5) is 18.0. The Hall–Kier alpha value is -1.75. The molecule has 0 aromatic heterocycles. The Morgan fingerprint density at radius 3 is 2.61 bits per heavy atom. The lowest BCUT2D eigenvalue weighted by atomic mass is 9.90. The number of hydrogen-bond acceptors (Lipinski definition) is 3. The van der Waals surface area contributed by atoms with Crippen molar-refractivity contribution in [2.45, 2.75) is 25.8 Å². The Balaban J connectivity index is 1.79. The topological polar surface area (TPSA) is 47.0 Å². The van der Waals surface area contributed by atoms with Crippen molar-refractivity contribution in [3.63, 3.8) is 0 Å². The molecular weight excluding hydrogens is 290 g/mol. The second-order valence-electron chi connectivity index (χ2n) is 7.02. The number of likely N-dealkylation sites (tertiary alicyclic amines) is 1. The third kappa shape index (κ3) is 3.61. The summed E-state index contributed by atoms with van der Waals surface area (Å²) in [5.41, 5.74) is 2.36. The number of piperidine rings is 1. The molecule has 1 amide bonds. The van der Waals surface area contributed by atoms with Crippen LogP contribution in [-0.4, -0.2) is 60.8 Å². The Morgan fingerprint density at radius 1 is 1.17 bits per heavy atom. The molecule has 2 heterocycles.